The van der Waals surface area contributed by atoms with Crippen molar-refractivity contribution in [2.45, 2.75) is 202 Å². The Bertz CT molecular complexity index is 656. The molecule has 0 bridgehead atoms. The van der Waals surface area contributed by atoms with Gasteiger partial charge in [0, 0.05) is 19.4 Å². The maximum atomic E-state index is 12.2. The van der Waals surface area contributed by atoms with Crippen molar-refractivity contribution >= 4 is 23.6 Å². The summed E-state index contributed by atoms with van der Waals surface area (Å²) in [5.41, 5.74) is 0. The molecule has 0 rings (SSSR count). The lowest BCUT2D eigenvalue weighted by Crippen LogP contribution is -2.41. The molecule has 2 atom stereocenters. The average molecular weight is 644 g/mol. The number of hydrogen-bond acceptors (Lipinski definition) is 5. The minimum absolute atomic E-state index is 0.0442. The molecule has 0 aliphatic heterocycles. The Labute approximate surface area is 279 Å². The van der Waals surface area contributed by atoms with Crippen LogP contribution in [0.2, 0.25) is 0 Å². The quantitative estimate of drug-likeness (QED) is 0.0662. The summed E-state index contributed by atoms with van der Waals surface area (Å²) in [6, 6.07) is -1.21. The largest absolute Gasteiger partial charge is 0.480 e. The van der Waals surface area contributed by atoms with E-state index in [1.54, 1.807) is 14.0 Å². The van der Waals surface area contributed by atoms with Crippen LogP contribution in [-0.2, 0) is 19.2 Å². The standard InChI is InChI=1S/C29H55N3O5.C4H10.2C2H6/c1-4-5-6-7-8-9-10-11-12-13-14-15-16-20-28(35)32-26(29(36)37)21-22-27(34)31-23-18-17-19-25(30-3)24(2)33;1-3-4-2;2*1-2/h25-26,30H,4-23H2,1-3H3,(H,31,34)(H,32,35)(H,36,37);3-4H2,1-2H3;2*1-2H3. The summed E-state index contributed by atoms with van der Waals surface area (Å²) in [5.74, 6) is -1.51. The highest BCUT2D eigenvalue weighted by molar-refractivity contribution is 5.84. The summed E-state index contributed by atoms with van der Waals surface area (Å²) in [5, 5.41) is 17.7. The van der Waals surface area contributed by atoms with Crippen LogP contribution in [0.15, 0.2) is 0 Å². The monoisotopic (exact) mass is 644 g/mol. The Morgan fingerprint density at radius 3 is 1.42 bits per heavy atom. The molecule has 0 aromatic carbocycles. The third-order valence-electron chi connectivity index (χ3n) is 7.38. The molecular weight excluding hydrogens is 566 g/mol. The highest BCUT2D eigenvalue weighted by Gasteiger charge is 2.20. The summed E-state index contributed by atoms with van der Waals surface area (Å²) < 4.78 is 0. The lowest BCUT2D eigenvalue weighted by molar-refractivity contribution is -0.142. The molecule has 0 saturated heterocycles. The number of hydrogen-bond donors (Lipinski definition) is 4. The van der Waals surface area contributed by atoms with Crippen LogP contribution in [0.1, 0.15) is 190 Å². The molecule has 2 amide bonds. The lowest BCUT2D eigenvalue weighted by Gasteiger charge is -2.15. The van der Waals surface area contributed by atoms with Gasteiger partial charge in [0.2, 0.25) is 11.8 Å². The van der Waals surface area contributed by atoms with Crippen LogP contribution in [0, 0.1) is 0 Å². The van der Waals surface area contributed by atoms with E-state index in [0.29, 0.717) is 19.4 Å². The van der Waals surface area contributed by atoms with E-state index < -0.39 is 12.0 Å². The normalized spacial score (nSPS) is 11.3. The van der Waals surface area contributed by atoms with Crippen LogP contribution in [0.25, 0.3) is 0 Å². The van der Waals surface area contributed by atoms with Crippen LogP contribution < -0.4 is 16.0 Å². The molecule has 270 valence electrons. The van der Waals surface area contributed by atoms with E-state index in [4.69, 9.17) is 0 Å². The van der Waals surface area contributed by atoms with Gasteiger partial charge < -0.3 is 21.1 Å². The van der Waals surface area contributed by atoms with E-state index in [2.05, 4.69) is 36.7 Å². The van der Waals surface area contributed by atoms with Gasteiger partial charge in [-0.25, -0.2) is 4.79 Å². The third-order valence-corrected chi connectivity index (χ3v) is 7.38. The zero-order valence-corrected chi connectivity index (χ0v) is 31.3. The first kappa shape index (κ1) is 49.9. The summed E-state index contributed by atoms with van der Waals surface area (Å²) in [7, 11) is 1.75. The molecule has 0 radical (unpaired) electrons. The van der Waals surface area contributed by atoms with Crippen LogP contribution in [0.5, 0.6) is 0 Å². The molecule has 0 aromatic rings. The number of carboxylic acids is 1. The van der Waals surface area contributed by atoms with Gasteiger partial charge in [-0.1, -0.05) is 138 Å². The number of Topliss-reactive ketones (excluding diaryl/α,β-unsaturated/α-hetero) is 1. The molecule has 2 unspecified atom stereocenters. The molecule has 0 aromatic heterocycles. The molecule has 0 aliphatic rings. The highest BCUT2D eigenvalue weighted by Crippen LogP contribution is 2.13. The number of likely N-dealkylation sites (N-methyl/N-ethyl adjacent to an activating group) is 1. The molecule has 8 heteroatoms. The van der Waals surface area contributed by atoms with Gasteiger partial charge in [0.15, 0.2) is 0 Å². The minimum Gasteiger partial charge on any atom is -0.480 e. The lowest BCUT2D eigenvalue weighted by atomic mass is 10.0. The Hall–Kier alpha value is -1.96. The summed E-state index contributed by atoms with van der Waals surface area (Å²) >= 11 is 0. The van der Waals surface area contributed by atoms with Crippen molar-refractivity contribution in [3.63, 3.8) is 0 Å². The van der Waals surface area contributed by atoms with E-state index >= 15 is 0 Å². The van der Waals surface area contributed by atoms with E-state index in [1.165, 1.54) is 77.0 Å². The maximum Gasteiger partial charge on any atom is 0.326 e. The van der Waals surface area contributed by atoms with Gasteiger partial charge in [-0.2, -0.15) is 0 Å². The zero-order chi connectivity index (χ0) is 35.1. The number of carbonyl (C=O) groups is 4. The predicted molar refractivity (Wildman–Crippen MR) is 193 cm³/mol. The second-order valence-corrected chi connectivity index (χ2v) is 11.3. The number of aliphatic carboxylic acids is 1. The van der Waals surface area contributed by atoms with Gasteiger partial charge in [0.05, 0.1) is 6.04 Å². The Morgan fingerprint density at radius 1 is 0.556 bits per heavy atom. The number of amides is 2. The fraction of sp³-hybridized carbons (Fsp3) is 0.892. The van der Waals surface area contributed by atoms with Gasteiger partial charge in [-0.15, -0.1) is 0 Å². The molecule has 0 fully saturated rings. The van der Waals surface area contributed by atoms with Crippen LogP contribution in [0.4, 0.5) is 0 Å². The fourth-order valence-electron chi connectivity index (χ4n) is 4.44. The Balaban J connectivity index is -0.000000947. The second-order valence-electron chi connectivity index (χ2n) is 11.3. The fourth-order valence-corrected chi connectivity index (χ4v) is 4.44. The Morgan fingerprint density at radius 2 is 1.02 bits per heavy atom. The first-order chi connectivity index (χ1) is 21.7. The van der Waals surface area contributed by atoms with E-state index in [1.807, 2.05) is 27.7 Å². The minimum atomic E-state index is -1.12. The molecular formula is C37H77N3O5. The van der Waals surface area contributed by atoms with Crippen molar-refractivity contribution in [3.05, 3.63) is 0 Å². The van der Waals surface area contributed by atoms with E-state index in [9.17, 15) is 24.3 Å². The van der Waals surface area contributed by atoms with Crippen molar-refractivity contribution in [2.24, 2.45) is 0 Å². The van der Waals surface area contributed by atoms with E-state index in [-0.39, 0.29) is 36.5 Å². The van der Waals surface area contributed by atoms with Crippen molar-refractivity contribution in [1.29, 1.82) is 0 Å². The highest BCUT2D eigenvalue weighted by atomic mass is 16.4. The molecule has 0 heterocycles. The van der Waals surface area contributed by atoms with Gasteiger partial charge in [0.1, 0.15) is 11.8 Å². The first-order valence-corrected chi connectivity index (χ1v) is 18.7. The van der Waals surface area contributed by atoms with Crippen molar-refractivity contribution in [2.75, 3.05) is 13.6 Å². The smallest absolute Gasteiger partial charge is 0.326 e. The summed E-state index contributed by atoms with van der Waals surface area (Å²) in [6.45, 7) is 16.6. The third kappa shape index (κ3) is 40.0. The zero-order valence-electron chi connectivity index (χ0n) is 31.3. The van der Waals surface area contributed by atoms with Crippen molar-refractivity contribution in [3.8, 4) is 0 Å². The van der Waals surface area contributed by atoms with E-state index in [0.717, 1.165) is 32.1 Å². The van der Waals surface area contributed by atoms with Gasteiger partial charge in [-0.3, -0.25) is 14.4 Å². The van der Waals surface area contributed by atoms with Gasteiger partial charge in [0.25, 0.3) is 0 Å². The molecule has 0 aliphatic carbocycles. The molecule has 0 saturated carbocycles. The number of unbranched alkanes of at least 4 members (excludes halogenated alkanes) is 14. The summed E-state index contributed by atoms with van der Waals surface area (Å²) in [6.07, 6.45) is 21.3. The van der Waals surface area contributed by atoms with Crippen LogP contribution >= 0.6 is 0 Å². The van der Waals surface area contributed by atoms with Crippen LogP contribution in [0.3, 0.4) is 0 Å². The molecule has 4 N–H and O–H groups in total. The number of carboxylic acid groups (broad SMARTS) is 1. The SMILES string of the molecule is CC.CC.CCCC.CCCCCCCCCCCCCCCC(=O)NC(CCC(=O)NCCCCC(NC)C(C)=O)C(=O)O. The maximum absolute atomic E-state index is 12.2. The number of carbonyl (C=O) groups excluding carboxylic acids is 3. The predicted octanol–water partition coefficient (Wildman–Crippen LogP) is 9.14. The molecule has 8 nitrogen and oxygen atoms in total. The summed E-state index contributed by atoms with van der Waals surface area (Å²) in [4.78, 5) is 47.1. The van der Waals surface area contributed by atoms with Crippen molar-refractivity contribution in [1.82, 2.24) is 16.0 Å². The van der Waals surface area contributed by atoms with Crippen LogP contribution in [-0.4, -0.2) is 54.3 Å². The Kier molecular flexibility index (Phi) is 46.6. The topological polar surface area (TPSA) is 125 Å². The second kappa shape index (κ2) is 42.0. The van der Waals surface area contributed by atoms with Gasteiger partial charge in [-0.05, 0) is 46.1 Å². The van der Waals surface area contributed by atoms with Gasteiger partial charge >= 0.3 is 5.97 Å². The average Bonchev–Trinajstić information content (AvgIpc) is 3.04. The number of ketones is 1. The van der Waals surface area contributed by atoms with Crippen molar-refractivity contribution < 1.29 is 24.3 Å². The number of rotatable bonds is 27. The number of nitrogens with one attached hydrogen (secondary N) is 3. The first-order valence-electron chi connectivity index (χ1n) is 18.7. The molecule has 45 heavy (non-hydrogen) atoms. The molecule has 0 spiro atoms.